The number of carboxylic acid groups (broad SMARTS) is 2. The second kappa shape index (κ2) is 50.7. The summed E-state index contributed by atoms with van der Waals surface area (Å²) in [5, 5.41) is 75.9. The van der Waals surface area contributed by atoms with Crippen molar-refractivity contribution in [2.24, 2.45) is 0 Å². The van der Waals surface area contributed by atoms with E-state index >= 15 is 4.39 Å². The number of rotatable bonds is 28. The maximum atomic E-state index is 15.3. The number of carbonyl (C=O) groups is 6. The summed E-state index contributed by atoms with van der Waals surface area (Å²) in [6.07, 6.45) is -3.46. The van der Waals surface area contributed by atoms with Gasteiger partial charge in [0.2, 0.25) is 17.6 Å². The molecular formula is C93H84BrClF17N21O16. The first-order valence-electron chi connectivity index (χ1n) is 42.7. The summed E-state index contributed by atoms with van der Waals surface area (Å²) in [6, 6.07) is 17.6. The van der Waals surface area contributed by atoms with Crippen molar-refractivity contribution < 1.29 is 152 Å². The number of ether oxygens (including phenoxy) is 6. The van der Waals surface area contributed by atoms with Gasteiger partial charge in [-0.25, -0.2) is 65.9 Å². The number of benzene rings is 6. The SMILES string of the molecule is CC(C)N(C(=O)c1ccc(Br)cc1)c1cc(F)c(Oc2ncc(Cn3nccn3)cc2C(F)(F)F)cc1C(=O)O.CC(C)Nc1cc(F)c(Oc2ncc(Cn3nccn3)cc2C(F)(F)F)cc1C(=O)O.COC(=O)c1cc(O)c(F)cc1N.COC(=O)c1cc(O)c(F)cc1NC(C)C.COC(=O)c1cc(Oc2ncc(Cn3nccn3)cc2C(F)(F)F)c(F)cc1NC(C)C.FC(F)(F)c1cc(Cn2nccn2)cnc1Cl. The lowest BCUT2D eigenvalue weighted by molar-refractivity contribution is -0.139. The van der Waals surface area contributed by atoms with Crippen LogP contribution in [0.1, 0.15) is 162 Å². The first-order valence-corrected chi connectivity index (χ1v) is 43.8. The number of nitrogen functional groups attached to an aromatic ring is 1. The third-order valence-corrected chi connectivity index (χ3v) is 19.9. The number of amides is 1. The molecule has 0 spiro atoms. The number of aromatic carboxylic acids is 2. The number of aromatic nitrogens is 16. The Bertz CT molecular complexity index is 7020. The topological polar surface area (TPSA) is 478 Å². The number of phenolic OH excluding ortho intramolecular Hbond substituents is 2. The average molecular weight is 2190 g/mol. The number of hydrogen-bond acceptors (Lipinski definition) is 30. The van der Waals surface area contributed by atoms with Crippen LogP contribution >= 0.6 is 27.5 Å². The fourth-order valence-corrected chi connectivity index (χ4v) is 13.2. The third-order valence-electron chi connectivity index (χ3n) is 19.1. The van der Waals surface area contributed by atoms with Gasteiger partial charge in [0.1, 0.15) is 21.8 Å². The van der Waals surface area contributed by atoms with Gasteiger partial charge in [-0.3, -0.25) is 4.79 Å². The van der Waals surface area contributed by atoms with E-state index in [2.05, 4.69) is 107 Å². The Morgan fingerprint density at radius 3 is 1.01 bits per heavy atom. The minimum absolute atomic E-state index is 0.0292. The Morgan fingerprint density at radius 1 is 0.396 bits per heavy atom. The van der Waals surface area contributed by atoms with E-state index in [0.717, 1.165) is 125 Å². The molecule has 8 heterocycles. The van der Waals surface area contributed by atoms with Crippen LogP contribution in [0.2, 0.25) is 5.15 Å². The quantitative estimate of drug-likeness (QED) is 0.00564. The summed E-state index contributed by atoms with van der Waals surface area (Å²) < 4.78 is 261. The lowest BCUT2D eigenvalue weighted by atomic mass is 10.1. The number of pyridine rings is 4. The molecule has 0 saturated carbocycles. The number of nitrogens with zero attached hydrogens (tertiary/aromatic N) is 17. The Kier molecular flexibility index (Phi) is 39.4. The number of esters is 3. The normalized spacial score (nSPS) is 11.3. The van der Waals surface area contributed by atoms with Crippen LogP contribution in [-0.2, 0) is 65.1 Å². The lowest BCUT2D eigenvalue weighted by Gasteiger charge is -2.28. The van der Waals surface area contributed by atoms with Gasteiger partial charge in [0.25, 0.3) is 5.91 Å². The van der Waals surface area contributed by atoms with E-state index in [4.69, 9.17) is 36.7 Å². The van der Waals surface area contributed by atoms with Gasteiger partial charge in [-0.15, -0.1) is 0 Å². The molecule has 0 aliphatic rings. The molecule has 0 aliphatic heterocycles. The van der Waals surface area contributed by atoms with Crippen LogP contribution < -0.4 is 40.8 Å². The molecule has 6 aromatic carbocycles. The standard InChI is InChI=1S/C26H20BrF4N5O4.C20H19F4N5O3.C19H17F4N5O3.C11H14FNO3.C9H6ClF3N4.C8H8FNO3/c1-14(2)36(24(37)16-3-5-17(27)6-4-16)21-11-20(28)22(10-18(21)25(38)39)40-23-19(26(29,30)31)9-15(12-32-23)13-35-33-7-8-34-35;1-11(2)28-16-8-15(21)17(7-13(16)19(30)31-3)32-18-14(20(22,23)24)6-12(9-25-18)10-29-26-4-5-27-29;1-10(2)27-15-7-14(20)16(6-12(15)18(29)30)31-17-13(19(21,22)23)5-11(8-24-17)9-28-25-3-4-26-28;1-6(2)13-9-5-8(12)10(14)4-7(9)11(15)16-3;10-8-7(9(11,12)13)3-6(4-14-8)5-17-15-1-2-16-17;1-13-8(12)4-2-7(11)5(9)3-6(4)10/h3-12,14H,13H2,1-2H3,(H,38,39);4-9,11,28H,10H2,1-3H3;3-8,10,27H,9H2,1-2H3,(H,29,30);4-6,13-14H,1-3H3;1-4H,5H2;2-3,11H,10H2,1H3. The maximum absolute atomic E-state index is 15.3. The van der Waals surface area contributed by atoms with Gasteiger partial charge in [-0.05, 0) is 138 Å². The van der Waals surface area contributed by atoms with Gasteiger partial charge in [0, 0.05) is 113 Å². The molecule has 0 aliphatic carbocycles. The van der Waals surface area contributed by atoms with Crippen LogP contribution in [0.15, 0.2) is 188 Å². The van der Waals surface area contributed by atoms with Gasteiger partial charge >= 0.3 is 54.6 Å². The zero-order chi connectivity index (χ0) is 110. The summed E-state index contributed by atoms with van der Waals surface area (Å²) in [4.78, 5) is 91.8. The Morgan fingerprint density at radius 2 is 0.685 bits per heavy atom. The van der Waals surface area contributed by atoms with Crippen molar-refractivity contribution >= 4 is 91.7 Å². The second-order valence-electron chi connectivity index (χ2n) is 31.8. The Labute approximate surface area is 844 Å². The smallest absolute Gasteiger partial charge is 0.421 e. The molecule has 56 heteroatoms. The first kappa shape index (κ1) is 116. The predicted molar refractivity (Wildman–Crippen MR) is 499 cm³/mol. The van der Waals surface area contributed by atoms with Gasteiger partial charge in [0.05, 0.1) is 153 Å². The minimum Gasteiger partial charge on any atom is -0.505 e. The third kappa shape index (κ3) is 32.5. The molecule has 790 valence electrons. The molecule has 14 aromatic rings. The molecule has 1 amide bonds. The number of anilines is 5. The second-order valence-corrected chi connectivity index (χ2v) is 33.0. The maximum Gasteiger partial charge on any atom is 0.421 e. The van der Waals surface area contributed by atoms with Gasteiger partial charge in [-0.2, -0.15) is 113 Å². The molecule has 0 unspecified atom stereocenters. The Balaban J connectivity index is 0.000000207. The van der Waals surface area contributed by atoms with Gasteiger partial charge < -0.3 is 75.4 Å². The van der Waals surface area contributed by atoms with Crippen LogP contribution in [0.5, 0.6) is 46.4 Å². The molecule has 0 fully saturated rings. The van der Waals surface area contributed by atoms with Crippen molar-refractivity contribution in [3.05, 3.63) is 300 Å². The van der Waals surface area contributed by atoms with Crippen molar-refractivity contribution in [3.63, 3.8) is 0 Å². The van der Waals surface area contributed by atoms with Crippen molar-refractivity contribution in [1.82, 2.24) is 79.9 Å². The number of nitrogens with one attached hydrogen (secondary N) is 3. The summed E-state index contributed by atoms with van der Waals surface area (Å²) >= 11 is 8.66. The summed E-state index contributed by atoms with van der Waals surface area (Å²) in [7, 11) is 3.52. The molecule has 149 heavy (non-hydrogen) atoms. The fourth-order valence-electron chi connectivity index (χ4n) is 12.7. The lowest BCUT2D eigenvalue weighted by Crippen LogP contribution is -2.38. The predicted octanol–water partition coefficient (Wildman–Crippen LogP) is 20.1. The summed E-state index contributed by atoms with van der Waals surface area (Å²) in [5.41, 5.74) is 0.552. The van der Waals surface area contributed by atoms with Crippen molar-refractivity contribution in [3.8, 4) is 46.4 Å². The van der Waals surface area contributed by atoms with E-state index in [-0.39, 0.29) is 112 Å². The van der Waals surface area contributed by atoms with Crippen LogP contribution in [0.4, 0.5) is 103 Å². The fraction of sp³-hybridized carbons (Fsp3) is 0.247. The largest absolute Gasteiger partial charge is 0.505 e. The number of aromatic hydroxyl groups is 2. The molecule has 8 aromatic heterocycles. The monoisotopic (exact) mass is 2190 g/mol. The molecule has 0 bridgehead atoms. The van der Waals surface area contributed by atoms with E-state index in [1.165, 1.54) is 91.7 Å². The van der Waals surface area contributed by atoms with E-state index in [0.29, 0.717) is 15.7 Å². The molecule has 0 saturated heterocycles. The number of carboxylic acids is 2. The molecular weight excluding hydrogens is 2110 g/mol. The van der Waals surface area contributed by atoms with E-state index in [1.54, 1.807) is 53.7 Å². The van der Waals surface area contributed by atoms with Gasteiger partial charge in [0.15, 0.2) is 57.8 Å². The van der Waals surface area contributed by atoms with Crippen molar-refractivity contribution in [1.29, 1.82) is 0 Å². The van der Waals surface area contributed by atoms with E-state index in [9.17, 15) is 114 Å². The number of methoxy groups -OCH3 is 3. The summed E-state index contributed by atoms with van der Waals surface area (Å²) in [6.45, 7) is 13.7. The minimum atomic E-state index is -4.94. The molecule has 0 radical (unpaired) electrons. The van der Waals surface area contributed by atoms with Gasteiger partial charge in [-0.1, -0.05) is 27.5 Å². The Hall–Kier alpha value is -16.9. The highest BCUT2D eigenvalue weighted by Crippen LogP contribution is 2.45. The number of halogens is 19. The van der Waals surface area contributed by atoms with Crippen LogP contribution in [0.3, 0.4) is 0 Å². The molecule has 14 rings (SSSR count). The number of hydrogen-bond donors (Lipinski definition) is 8. The highest BCUT2D eigenvalue weighted by molar-refractivity contribution is 9.10. The van der Waals surface area contributed by atoms with E-state index < -0.39 is 175 Å². The van der Waals surface area contributed by atoms with E-state index in [1.807, 2.05) is 13.8 Å². The zero-order valence-corrected chi connectivity index (χ0v) is 81.3. The van der Waals surface area contributed by atoms with Crippen molar-refractivity contribution in [2.75, 3.05) is 47.9 Å². The van der Waals surface area contributed by atoms with Crippen LogP contribution in [-0.4, -0.2) is 182 Å². The first-order chi connectivity index (χ1) is 69.9. The highest BCUT2D eigenvalue weighted by atomic mass is 79.9. The molecule has 0 atom stereocenters. The zero-order valence-electron chi connectivity index (χ0n) is 79.0. The number of carbonyl (C=O) groups excluding carboxylic acids is 4. The average Bonchev–Trinajstić information content (AvgIpc) is 1.72. The van der Waals surface area contributed by atoms with Crippen LogP contribution in [0, 0.1) is 29.1 Å². The number of nitrogens with two attached hydrogens (primary N) is 1. The highest BCUT2D eigenvalue weighted by Gasteiger charge is 2.41. The molecule has 9 N–H and O–H groups in total. The molecule has 37 nitrogen and oxygen atoms in total. The number of phenols is 2. The van der Waals surface area contributed by atoms with Crippen molar-refractivity contribution in [2.45, 2.75) is 130 Å². The number of alkyl halides is 12. The summed E-state index contributed by atoms with van der Waals surface area (Å²) in [5.74, 6) is -16.7. The van der Waals surface area contributed by atoms with Crippen LogP contribution in [0.25, 0.3) is 0 Å².